The third-order valence-corrected chi connectivity index (χ3v) is 3.63. The van der Waals surface area contributed by atoms with E-state index in [9.17, 15) is 9.59 Å². The van der Waals surface area contributed by atoms with Crippen molar-refractivity contribution in [3.8, 4) is 0 Å². The Morgan fingerprint density at radius 3 is 2.84 bits per heavy atom. The Labute approximate surface area is 113 Å². The van der Waals surface area contributed by atoms with Crippen molar-refractivity contribution < 1.29 is 14.0 Å². The highest BCUT2D eigenvalue weighted by molar-refractivity contribution is 5.86. The van der Waals surface area contributed by atoms with Crippen LogP contribution in [0.25, 0.3) is 0 Å². The first-order valence-electron chi connectivity index (χ1n) is 6.72. The molecule has 0 N–H and O–H groups in total. The summed E-state index contributed by atoms with van der Waals surface area (Å²) in [5.41, 5.74) is 0.661. The number of aromatic nitrogens is 1. The molecule has 2 atom stereocenters. The molecule has 1 aromatic heterocycles. The molecule has 0 spiro atoms. The topological polar surface area (TPSA) is 63.4 Å². The minimum absolute atomic E-state index is 0.0158. The normalized spacial score (nSPS) is 20.8. The zero-order valence-electron chi connectivity index (χ0n) is 11.6. The molecule has 2 heterocycles. The van der Waals surface area contributed by atoms with Crippen molar-refractivity contribution in [2.75, 3.05) is 6.54 Å². The fraction of sp³-hybridized carbons (Fsp3) is 0.643. The van der Waals surface area contributed by atoms with Crippen LogP contribution in [0.4, 0.5) is 0 Å². The summed E-state index contributed by atoms with van der Waals surface area (Å²) in [7, 11) is 0. The van der Waals surface area contributed by atoms with Crippen molar-refractivity contribution in [2.24, 2.45) is 5.92 Å². The van der Waals surface area contributed by atoms with E-state index >= 15 is 0 Å². The van der Waals surface area contributed by atoms with Crippen molar-refractivity contribution in [3.63, 3.8) is 0 Å². The van der Waals surface area contributed by atoms with Crippen molar-refractivity contribution in [1.29, 1.82) is 0 Å². The van der Waals surface area contributed by atoms with E-state index in [0.29, 0.717) is 18.1 Å². The van der Waals surface area contributed by atoms with Gasteiger partial charge in [-0.05, 0) is 18.8 Å². The second-order valence-corrected chi connectivity index (χ2v) is 5.39. The van der Waals surface area contributed by atoms with Crippen LogP contribution in [0, 0.1) is 12.8 Å². The monoisotopic (exact) mass is 264 g/mol. The average Bonchev–Trinajstić information content (AvgIpc) is 2.97. The zero-order valence-corrected chi connectivity index (χ0v) is 11.6. The van der Waals surface area contributed by atoms with Gasteiger partial charge < -0.3 is 14.1 Å². The predicted octanol–water partition coefficient (Wildman–Crippen LogP) is 1.91. The Morgan fingerprint density at radius 2 is 2.32 bits per heavy atom. The maximum Gasteiger partial charge on any atom is 0.232 e. The molecule has 2 unspecified atom stereocenters. The van der Waals surface area contributed by atoms with E-state index in [1.54, 1.807) is 18.1 Å². The van der Waals surface area contributed by atoms with E-state index in [1.165, 1.54) is 0 Å². The summed E-state index contributed by atoms with van der Waals surface area (Å²) in [5, 5.41) is 0. The maximum absolute atomic E-state index is 12.7. The maximum atomic E-state index is 12.7. The van der Waals surface area contributed by atoms with Crippen molar-refractivity contribution in [1.82, 2.24) is 9.88 Å². The molecule has 1 saturated heterocycles. The van der Waals surface area contributed by atoms with Crippen LogP contribution in [-0.4, -0.2) is 34.7 Å². The number of aldehydes is 1. The highest BCUT2D eigenvalue weighted by Gasteiger charge is 2.36. The van der Waals surface area contributed by atoms with Crippen molar-refractivity contribution in [2.45, 2.75) is 45.6 Å². The molecule has 0 saturated carbocycles. The van der Waals surface area contributed by atoms with Gasteiger partial charge in [-0.1, -0.05) is 13.8 Å². The number of hydrogen-bond acceptors (Lipinski definition) is 4. The van der Waals surface area contributed by atoms with Gasteiger partial charge >= 0.3 is 0 Å². The Hall–Kier alpha value is -1.65. The Bertz CT molecular complexity index is 467. The van der Waals surface area contributed by atoms with Crippen LogP contribution in [-0.2, 0) is 9.59 Å². The number of aryl methyl sites for hydroxylation is 1. The molecule has 5 heteroatoms. The number of nitrogens with zero attached hydrogens (tertiary/aromatic N) is 2. The predicted molar refractivity (Wildman–Crippen MR) is 69.6 cm³/mol. The molecule has 2 rings (SSSR count). The average molecular weight is 264 g/mol. The van der Waals surface area contributed by atoms with Gasteiger partial charge in [0, 0.05) is 13.5 Å². The summed E-state index contributed by atoms with van der Waals surface area (Å²) < 4.78 is 5.21. The SMILES string of the molecule is Cc1nc(C(C(=O)N2CCCC2C=O)C(C)C)co1. The molecule has 5 nitrogen and oxygen atoms in total. The first-order chi connectivity index (χ1) is 9.04. The van der Waals surface area contributed by atoms with E-state index < -0.39 is 0 Å². The molecular formula is C14H20N2O3. The van der Waals surface area contributed by atoms with E-state index in [2.05, 4.69) is 4.98 Å². The summed E-state index contributed by atoms with van der Waals surface area (Å²) in [5.74, 6) is 0.322. The van der Waals surface area contributed by atoms with Crippen LogP contribution in [0.15, 0.2) is 10.7 Å². The minimum Gasteiger partial charge on any atom is -0.449 e. The van der Waals surface area contributed by atoms with E-state index in [1.807, 2.05) is 13.8 Å². The number of amides is 1. The lowest BCUT2D eigenvalue weighted by atomic mass is 9.91. The lowest BCUT2D eigenvalue weighted by Gasteiger charge is -2.27. The molecule has 1 fully saturated rings. The second-order valence-electron chi connectivity index (χ2n) is 5.39. The summed E-state index contributed by atoms with van der Waals surface area (Å²) >= 11 is 0. The summed E-state index contributed by atoms with van der Waals surface area (Å²) in [6.45, 7) is 6.38. The number of likely N-dealkylation sites (tertiary alicyclic amines) is 1. The van der Waals surface area contributed by atoms with Crippen molar-refractivity contribution >= 4 is 12.2 Å². The molecule has 1 aliphatic heterocycles. The number of carbonyl (C=O) groups is 2. The molecule has 0 radical (unpaired) electrons. The molecule has 0 aromatic carbocycles. The number of rotatable bonds is 4. The standard InChI is InChI=1S/C14H20N2O3/c1-9(2)13(12-8-19-10(3)15-12)14(18)16-6-4-5-11(16)7-17/h7-9,11,13H,4-6H2,1-3H3. The number of oxazole rings is 1. The van der Waals surface area contributed by atoms with Gasteiger partial charge in [-0.2, -0.15) is 0 Å². The van der Waals surface area contributed by atoms with Gasteiger partial charge in [0.1, 0.15) is 12.5 Å². The minimum atomic E-state index is -0.335. The fourth-order valence-corrected chi connectivity index (χ4v) is 2.66. The molecule has 104 valence electrons. The van der Waals surface area contributed by atoms with E-state index in [-0.39, 0.29) is 23.8 Å². The lowest BCUT2D eigenvalue weighted by molar-refractivity contribution is -0.137. The van der Waals surface area contributed by atoms with E-state index in [0.717, 1.165) is 19.1 Å². The second kappa shape index (κ2) is 5.55. The quantitative estimate of drug-likeness (QED) is 0.779. The summed E-state index contributed by atoms with van der Waals surface area (Å²) in [4.78, 5) is 29.6. The first kappa shape index (κ1) is 13.8. The lowest BCUT2D eigenvalue weighted by Crippen LogP contribution is -2.41. The Morgan fingerprint density at radius 1 is 1.58 bits per heavy atom. The van der Waals surface area contributed by atoms with E-state index in [4.69, 9.17) is 4.42 Å². The van der Waals surface area contributed by atoms with Crippen molar-refractivity contribution in [3.05, 3.63) is 17.8 Å². The smallest absolute Gasteiger partial charge is 0.232 e. The van der Waals surface area contributed by atoms with Crippen LogP contribution in [0.3, 0.4) is 0 Å². The third kappa shape index (κ3) is 2.69. The molecule has 0 bridgehead atoms. The van der Waals surface area contributed by atoms with Crippen LogP contribution in [0.5, 0.6) is 0 Å². The molecule has 1 aliphatic rings. The summed E-state index contributed by atoms with van der Waals surface area (Å²) in [6, 6.07) is -0.276. The number of hydrogen-bond donors (Lipinski definition) is 0. The van der Waals surface area contributed by atoms with Gasteiger partial charge in [0.05, 0.1) is 17.7 Å². The van der Waals surface area contributed by atoms with Crippen LogP contribution < -0.4 is 0 Å². The molecular weight excluding hydrogens is 244 g/mol. The van der Waals surface area contributed by atoms with Gasteiger partial charge in [0.2, 0.25) is 5.91 Å². The fourth-order valence-electron chi connectivity index (χ4n) is 2.66. The Kier molecular flexibility index (Phi) is 4.02. The van der Waals surface area contributed by atoms with Gasteiger partial charge in [0.15, 0.2) is 5.89 Å². The third-order valence-electron chi connectivity index (χ3n) is 3.63. The Balaban J connectivity index is 2.24. The molecule has 1 amide bonds. The van der Waals surface area contributed by atoms with Crippen LogP contribution in [0.1, 0.15) is 44.2 Å². The van der Waals surface area contributed by atoms with Gasteiger partial charge in [0.25, 0.3) is 0 Å². The van der Waals surface area contributed by atoms with Gasteiger partial charge in [-0.25, -0.2) is 4.98 Å². The number of carbonyl (C=O) groups excluding carboxylic acids is 2. The van der Waals surface area contributed by atoms with Crippen LogP contribution in [0.2, 0.25) is 0 Å². The largest absolute Gasteiger partial charge is 0.449 e. The molecule has 19 heavy (non-hydrogen) atoms. The van der Waals surface area contributed by atoms with Crippen LogP contribution >= 0.6 is 0 Å². The molecule has 1 aromatic rings. The zero-order chi connectivity index (χ0) is 14.0. The highest BCUT2D eigenvalue weighted by atomic mass is 16.3. The van der Waals surface area contributed by atoms with Gasteiger partial charge in [-0.15, -0.1) is 0 Å². The summed E-state index contributed by atoms with van der Waals surface area (Å²) in [6.07, 6.45) is 4.07. The highest BCUT2D eigenvalue weighted by Crippen LogP contribution is 2.29. The molecule has 0 aliphatic carbocycles. The van der Waals surface area contributed by atoms with Gasteiger partial charge in [-0.3, -0.25) is 4.79 Å². The first-order valence-corrected chi connectivity index (χ1v) is 6.72.